The minimum absolute atomic E-state index is 0.202. The van der Waals surface area contributed by atoms with Crippen LogP contribution in [0.5, 0.6) is 0 Å². The number of rotatable bonds is 4. The van der Waals surface area contributed by atoms with Crippen LogP contribution < -0.4 is 5.73 Å². The fraction of sp³-hybridized carbons (Fsp3) is 0.571. The zero-order valence-corrected chi connectivity index (χ0v) is 13.3. The molecular formula is C14H21BrN2S. The highest BCUT2D eigenvalue weighted by molar-refractivity contribution is 9.10. The van der Waals surface area contributed by atoms with Gasteiger partial charge in [0.2, 0.25) is 0 Å². The molecular weight excluding hydrogens is 308 g/mol. The van der Waals surface area contributed by atoms with E-state index in [9.17, 15) is 0 Å². The topological polar surface area (TPSA) is 29.3 Å². The number of likely N-dealkylation sites (N-methyl/N-ethyl adjacent to an activating group) is 1. The molecule has 1 aliphatic heterocycles. The molecule has 0 spiro atoms. The molecule has 1 aliphatic rings. The van der Waals surface area contributed by atoms with Crippen LogP contribution in [0.4, 0.5) is 0 Å². The molecule has 1 aromatic rings. The highest BCUT2D eigenvalue weighted by Crippen LogP contribution is 2.32. The maximum absolute atomic E-state index is 6.06. The van der Waals surface area contributed by atoms with Crippen LogP contribution in [0.15, 0.2) is 28.7 Å². The van der Waals surface area contributed by atoms with Gasteiger partial charge in [-0.2, -0.15) is 11.8 Å². The van der Waals surface area contributed by atoms with Gasteiger partial charge in [0, 0.05) is 23.1 Å². The molecule has 1 fully saturated rings. The zero-order valence-electron chi connectivity index (χ0n) is 10.9. The lowest BCUT2D eigenvalue weighted by molar-refractivity contribution is 0.107. The van der Waals surface area contributed by atoms with Crippen LogP contribution in [0.2, 0.25) is 0 Å². The number of hydrogen-bond acceptors (Lipinski definition) is 3. The molecule has 0 atom stereocenters. The van der Waals surface area contributed by atoms with E-state index in [4.69, 9.17) is 5.73 Å². The Kier molecular flexibility index (Phi) is 5.13. The summed E-state index contributed by atoms with van der Waals surface area (Å²) in [4.78, 5) is 2.45. The Bertz CT molecular complexity index is 391. The molecule has 18 heavy (non-hydrogen) atoms. The van der Waals surface area contributed by atoms with Crippen LogP contribution in [0.3, 0.4) is 0 Å². The molecule has 0 aromatic heterocycles. The van der Waals surface area contributed by atoms with E-state index in [1.807, 2.05) is 11.8 Å². The minimum Gasteiger partial charge on any atom is -0.329 e. The summed E-state index contributed by atoms with van der Waals surface area (Å²) in [6.07, 6.45) is 2.41. The van der Waals surface area contributed by atoms with Crippen molar-refractivity contribution < 1.29 is 0 Å². The van der Waals surface area contributed by atoms with E-state index in [-0.39, 0.29) is 5.54 Å². The van der Waals surface area contributed by atoms with Crippen LogP contribution in [-0.4, -0.2) is 35.5 Å². The van der Waals surface area contributed by atoms with E-state index < -0.39 is 0 Å². The van der Waals surface area contributed by atoms with Crippen molar-refractivity contribution in [2.24, 2.45) is 5.73 Å². The van der Waals surface area contributed by atoms with Gasteiger partial charge in [-0.25, -0.2) is 0 Å². The second kappa shape index (κ2) is 6.42. The summed E-state index contributed by atoms with van der Waals surface area (Å²) >= 11 is 5.58. The molecule has 0 saturated carbocycles. The quantitative estimate of drug-likeness (QED) is 0.920. The maximum atomic E-state index is 6.06. The predicted molar refractivity (Wildman–Crippen MR) is 84.0 cm³/mol. The van der Waals surface area contributed by atoms with Crippen LogP contribution >= 0.6 is 27.7 Å². The van der Waals surface area contributed by atoms with Gasteiger partial charge < -0.3 is 5.73 Å². The van der Waals surface area contributed by atoms with Crippen molar-refractivity contribution in [3.63, 3.8) is 0 Å². The van der Waals surface area contributed by atoms with Gasteiger partial charge in [-0.15, -0.1) is 0 Å². The lowest BCUT2D eigenvalue weighted by Crippen LogP contribution is -2.53. The number of nitrogens with two attached hydrogens (primary N) is 1. The van der Waals surface area contributed by atoms with Crippen molar-refractivity contribution in [2.45, 2.75) is 24.9 Å². The van der Waals surface area contributed by atoms with Gasteiger partial charge >= 0.3 is 0 Å². The van der Waals surface area contributed by atoms with Crippen molar-refractivity contribution in [1.82, 2.24) is 4.90 Å². The molecule has 0 bridgehead atoms. The van der Waals surface area contributed by atoms with Crippen LogP contribution in [0.25, 0.3) is 0 Å². The van der Waals surface area contributed by atoms with E-state index in [1.165, 1.54) is 29.9 Å². The van der Waals surface area contributed by atoms with E-state index >= 15 is 0 Å². The summed E-state index contributed by atoms with van der Waals surface area (Å²) in [6, 6.07) is 8.54. The predicted octanol–water partition coefficient (Wildman–Crippen LogP) is 3.11. The molecule has 1 aromatic carbocycles. The van der Waals surface area contributed by atoms with Crippen molar-refractivity contribution >= 4 is 27.7 Å². The average Bonchev–Trinajstić information content (AvgIpc) is 2.39. The summed E-state index contributed by atoms with van der Waals surface area (Å²) in [5, 5.41) is 0. The van der Waals surface area contributed by atoms with Crippen molar-refractivity contribution in [3.8, 4) is 0 Å². The normalized spacial score (nSPS) is 19.1. The molecule has 1 saturated heterocycles. The molecule has 0 amide bonds. The van der Waals surface area contributed by atoms with Crippen molar-refractivity contribution in [2.75, 3.05) is 25.1 Å². The molecule has 0 aliphatic carbocycles. The lowest BCUT2D eigenvalue weighted by atomic mass is 9.90. The van der Waals surface area contributed by atoms with Crippen LogP contribution in [0, 0.1) is 0 Å². The van der Waals surface area contributed by atoms with E-state index in [0.717, 1.165) is 17.6 Å². The second-order valence-electron chi connectivity index (χ2n) is 5.03. The van der Waals surface area contributed by atoms with Gasteiger partial charge in [0.05, 0.1) is 0 Å². The van der Waals surface area contributed by atoms with Gasteiger partial charge in [-0.05, 0) is 49.1 Å². The third kappa shape index (κ3) is 3.29. The molecule has 1 heterocycles. The summed E-state index contributed by atoms with van der Waals surface area (Å²) in [5.74, 6) is 2.47. The van der Waals surface area contributed by atoms with Crippen LogP contribution in [-0.2, 0) is 6.54 Å². The van der Waals surface area contributed by atoms with Gasteiger partial charge in [-0.1, -0.05) is 28.1 Å². The van der Waals surface area contributed by atoms with E-state index in [1.54, 1.807) is 0 Å². The molecule has 2 nitrogen and oxygen atoms in total. The summed E-state index contributed by atoms with van der Waals surface area (Å²) in [7, 11) is 2.21. The van der Waals surface area contributed by atoms with E-state index in [0.29, 0.717) is 0 Å². The van der Waals surface area contributed by atoms with Crippen LogP contribution in [0.1, 0.15) is 18.4 Å². The minimum atomic E-state index is 0.202. The highest BCUT2D eigenvalue weighted by atomic mass is 79.9. The van der Waals surface area contributed by atoms with Gasteiger partial charge in [0.1, 0.15) is 0 Å². The van der Waals surface area contributed by atoms with Gasteiger partial charge in [0.25, 0.3) is 0 Å². The second-order valence-corrected chi connectivity index (χ2v) is 7.17. The Labute approximate surface area is 122 Å². The third-order valence-corrected chi connectivity index (χ3v) is 5.40. The standard InChI is InChI=1S/C14H21BrN2S/c1-17(10-12-3-2-4-13(15)9-12)14(11-16)5-7-18-8-6-14/h2-4,9H,5-8,10-11,16H2,1H3. The Balaban J connectivity index is 2.07. The van der Waals surface area contributed by atoms with Crippen molar-refractivity contribution in [3.05, 3.63) is 34.3 Å². The molecule has 0 radical (unpaired) electrons. The van der Waals surface area contributed by atoms with Crippen molar-refractivity contribution in [1.29, 1.82) is 0 Å². The summed E-state index contributed by atoms with van der Waals surface area (Å²) in [5.41, 5.74) is 7.61. The highest BCUT2D eigenvalue weighted by Gasteiger charge is 2.34. The molecule has 2 N–H and O–H groups in total. The number of benzene rings is 1. The summed E-state index contributed by atoms with van der Waals surface area (Å²) in [6.45, 7) is 1.74. The maximum Gasteiger partial charge on any atom is 0.0347 e. The van der Waals surface area contributed by atoms with Gasteiger partial charge in [-0.3, -0.25) is 4.90 Å². The molecule has 4 heteroatoms. The van der Waals surface area contributed by atoms with Gasteiger partial charge in [0.15, 0.2) is 0 Å². The van der Waals surface area contributed by atoms with E-state index in [2.05, 4.69) is 52.1 Å². The SMILES string of the molecule is CN(Cc1cccc(Br)c1)C1(CN)CCSCC1. The fourth-order valence-corrected chi connectivity index (χ4v) is 4.27. The number of halogens is 1. The Hall–Kier alpha value is -0.0300. The molecule has 0 unspecified atom stereocenters. The molecule has 100 valence electrons. The first-order valence-corrected chi connectivity index (χ1v) is 8.34. The smallest absolute Gasteiger partial charge is 0.0347 e. The number of hydrogen-bond donors (Lipinski definition) is 1. The number of nitrogens with zero attached hydrogens (tertiary/aromatic N) is 1. The monoisotopic (exact) mass is 328 g/mol. The first kappa shape index (κ1) is 14.4. The fourth-order valence-electron chi connectivity index (χ4n) is 2.57. The Morgan fingerprint density at radius 3 is 2.72 bits per heavy atom. The number of thioether (sulfide) groups is 1. The largest absolute Gasteiger partial charge is 0.329 e. The lowest BCUT2D eigenvalue weighted by Gasteiger charge is -2.44. The Morgan fingerprint density at radius 1 is 1.39 bits per heavy atom. The first-order chi connectivity index (χ1) is 8.66. The third-order valence-electron chi connectivity index (χ3n) is 3.92. The Morgan fingerprint density at radius 2 is 2.11 bits per heavy atom. The zero-order chi connectivity index (χ0) is 13.0. The molecule has 2 rings (SSSR count). The average molecular weight is 329 g/mol. The first-order valence-electron chi connectivity index (χ1n) is 6.40. The summed E-state index contributed by atoms with van der Waals surface area (Å²) < 4.78 is 1.15.